The predicted molar refractivity (Wildman–Crippen MR) is 86.2 cm³/mol. The van der Waals surface area contributed by atoms with E-state index in [1.54, 1.807) is 11.6 Å². The fraction of sp³-hybridized carbons (Fsp3) is 0.0714. The number of nitrogens with zero attached hydrogens (tertiary/aromatic N) is 2. The third-order valence-electron chi connectivity index (χ3n) is 2.80. The first-order chi connectivity index (χ1) is 10.1. The zero-order valence-corrected chi connectivity index (χ0v) is 13.1. The third kappa shape index (κ3) is 3.20. The average molecular weight is 364 g/mol. The van der Waals surface area contributed by atoms with E-state index in [9.17, 15) is 4.79 Å². The van der Waals surface area contributed by atoms with E-state index in [2.05, 4.69) is 31.2 Å². The number of carboxylic acid groups (broad SMARTS) is 1. The Hall–Kier alpha value is -1.99. The number of hydrogen-bond donors (Lipinski definition) is 2. The minimum absolute atomic E-state index is 0.0705. The Morgan fingerprint density at radius 3 is 3.10 bits per heavy atom. The van der Waals surface area contributed by atoms with E-state index in [0.29, 0.717) is 10.8 Å². The lowest BCUT2D eigenvalue weighted by Gasteiger charge is -2.06. The largest absolute Gasteiger partial charge is 0.481 e. The second-order valence-electron chi connectivity index (χ2n) is 4.37. The minimum atomic E-state index is -0.886. The molecule has 0 spiro atoms. The number of rotatable bonds is 4. The number of hydrogen-bond acceptors (Lipinski definition) is 5. The van der Waals surface area contributed by atoms with E-state index in [0.717, 1.165) is 21.1 Å². The molecule has 0 bridgehead atoms. The van der Waals surface area contributed by atoms with Crippen molar-refractivity contribution in [1.82, 2.24) is 9.97 Å². The lowest BCUT2D eigenvalue weighted by Crippen LogP contribution is -2.00. The number of aromatic nitrogens is 2. The summed E-state index contributed by atoms with van der Waals surface area (Å²) in [5.41, 5.74) is 2.23. The van der Waals surface area contributed by atoms with Crippen molar-refractivity contribution in [2.24, 2.45) is 0 Å². The van der Waals surface area contributed by atoms with Crippen molar-refractivity contribution >= 4 is 55.0 Å². The summed E-state index contributed by atoms with van der Waals surface area (Å²) in [6, 6.07) is 7.83. The van der Waals surface area contributed by atoms with Crippen LogP contribution in [-0.4, -0.2) is 21.0 Å². The number of aliphatic carboxylic acids is 1. The maximum atomic E-state index is 10.7. The third-order valence-corrected chi connectivity index (χ3v) is 4.04. The molecule has 0 saturated heterocycles. The van der Waals surface area contributed by atoms with Crippen molar-refractivity contribution in [2.75, 3.05) is 5.32 Å². The standard InChI is InChI=1S/C14H10BrN3O2S/c15-9-4-8-2-1-3-11(13(8)16-6-9)18-14-17-10(7-21-14)5-12(19)20/h1-4,6-7H,5H2,(H,17,18)(H,19,20). The first-order valence-electron chi connectivity index (χ1n) is 6.09. The molecule has 2 N–H and O–H groups in total. The molecule has 1 aromatic carbocycles. The minimum Gasteiger partial charge on any atom is -0.481 e. The molecule has 0 aliphatic carbocycles. The van der Waals surface area contributed by atoms with Gasteiger partial charge < -0.3 is 10.4 Å². The molecule has 2 aromatic heterocycles. The molecule has 0 atom stereocenters. The quantitative estimate of drug-likeness (QED) is 0.736. The molecule has 3 rings (SSSR count). The van der Waals surface area contributed by atoms with Crippen molar-refractivity contribution < 1.29 is 9.90 Å². The molecule has 0 aliphatic heterocycles. The molecular weight excluding hydrogens is 354 g/mol. The number of nitrogens with one attached hydrogen (secondary N) is 1. The van der Waals surface area contributed by atoms with Gasteiger partial charge in [0.05, 0.1) is 23.3 Å². The monoisotopic (exact) mass is 363 g/mol. The van der Waals surface area contributed by atoms with Crippen LogP contribution in [0.5, 0.6) is 0 Å². The van der Waals surface area contributed by atoms with Gasteiger partial charge in [0, 0.05) is 21.4 Å². The lowest BCUT2D eigenvalue weighted by molar-refractivity contribution is -0.136. The van der Waals surface area contributed by atoms with Crippen molar-refractivity contribution in [3.8, 4) is 0 Å². The Labute approximate surface area is 132 Å². The topological polar surface area (TPSA) is 75.1 Å². The van der Waals surface area contributed by atoms with E-state index >= 15 is 0 Å². The van der Waals surface area contributed by atoms with Gasteiger partial charge >= 0.3 is 5.97 Å². The van der Waals surface area contributed by atoms with Crippen LogP contribution in [0.4, 0.5) is 10.8 Å². The Balaban J connectivity index is 1.91. The summed E-state index contributed by atoms with van der Waals surface area (Å²) < 4.78 is 0.921. The number of pyridine rings is 1. The SMILES string of the molecule is O=C(O)Cc1csc(Nc2cccc3cc(Br)cnc23)n1. The van der Waals surface area contributed by atoms with Crippen molar-refractivity contribution in [3.05, 3.63) is 46.0 Å². The summed E-state index contributed by atoms with van der Waals surface area (Å²) in [6.45, 7) is 0. The zero-order chi connectivity index (χ0) is 14.8. The molecule has 7 heteroatoms. The molecule has 0 unspecified atom stereocenters. The highest BCUT2D eigenvalue weighted by molar-refractivity contribution is 9.10. The molecule has 0 radical (unpaired) electrons. The number of halogens is 1. The first kappa shape index (κ1) is 14.0. The molecular formula is C14H10BrN3O2S. The normalized spacial score (nSPS) is 10.7. The molecule has 106 valence electrons. The number of thiazole rings is 1. The van der Waals surface area contributed by atoms with E-state index in [-0.39, 0.29) is 6.42 Å². The van der Waals surface area contributed by atoms with Gasteiger partial charge in [-0.1, -0.05) is 12.1 Å². The molecule has 5 nitrogen and oxygen atoms in total. The molecule has 2 heterocycles. The van der Waals surface area contributed by atoms with Gasteiger partial charge in [-0.3, -0.25) is 9.78 Å². The van der Waals surface area contributed by atoms with Crippen LogP contribution in [0.15, 0.2) is 40.3 Å². The summed E-state index contributed by atoms with van der Waals surface area (Å²) >= 11 is 4.78. The van der Waals surface area contributed by atoms with Crippen LogP contribution in [-0.2, 0) is 11.2 Å². The van der Waals surface area contributed by atoms with Crippen molar-refractivity contribution in [2.45, 2.75) is 6.42 Å². The number of para-hydroxylation sites is 1. The van der Waals surface area contributed by atoms with E-state index in [1.165, 1.54) is 11.3 Å². The number of carbonyl (C=O) groups is 1. The van der Waals surface area contributed by atoms with Crippen LogP contribution >= 0.6 is 27.3 Å². The number of fused-ring (bicyclic) bond motifs is 1. The Morgan fingerprint density at radius 1 is 1.43 bits per heavy atom. The second-order valence-corrected chi connectivity index (χ2v) is 6.14. The number of carboxylic acids is 1. The van der Waals surface area contributed by atoms with Gasteiger partial charge in [0.2, 0.25) is 0 Å². The molecule has 21 heavy (non-hydrogen) atoms. The Kier molecular flexibility index (Phi) is 3.85. The van der Waals surface area contributed by atoms with Gasteiger partial charge in [-0.2, -0.15) is 0 Å². The molecule has 0 saturated carbocycles. The van der Waals surface area contributed by atoms with Crippen LogP contribution in [0.3, 0.4) is 0 Å². The van der Waals surface area contributed by atoms with Crippen molar-refractivity contribution in [3.63, 3.8) is 0 Å². The summed E-state index contributed by atoms with van der Waals surface area (Å²) in [5.74, 6) is -0.886. The molecule has 3 aromatic rings. The van der Waals surface area contributed by atoms with Crippen LogP contribution in [0, 0.1) is 0 Å². The fourth-order valence-corrected chi connectivity index (χ4v) is 3.02. The average Bonchev–Trinajstić information content (AvgIpc) is 2.85. The first-order valence-corrected chi connectivity index (χ1v) is 7.76. The van der Waals surface area contributed by atoms with E-state index in [4.69, 9.17) is 5.11 Å². The summed E-state index contributed by atoms with van der Waals surface area (Å²) in [6.07, 6.45) is 1.67. The summed E-state index contributed by atoms with van der Waals surface area (Å²) in [5, 5.41) is 15.4. The number of anilines is 2. The fourth-order valence-electron chi connectivity index (χ4n) is 1.95. The zero-order valence-electron chi connectivity index (χ0n) is 10.7. The van der Waals surface area contributed by atoms with E-state index < -0.39 is 5.97 Å². The highest BCUT2D eigenvalue weighted by Crippen LogP contribution is 2.28. The van der Waals surface area contributed by atoms with E-state index in [1.807, 2.05) is 24.3 Å². The summed E-state index contributed by atoms with van der Waals surface area (Å²) in [4.78, 5) is 19.3. The highest BCUT2D eigenvalue weighted by Gasteiger charge is 2.08. The van der Waals surface area contributed by atoms with Gasteiger partial charge in [0.25, 0.3) is 0 Å². The number of benzene rings is 1. The second kappa shape index (κ2) is 5.79. The molecule has 0 fully saturated rings. The molecule has 0 amide bonds. The van der Waals surface area contributed by atoms with Gasteiger partial charge in [0.15, 0.2) is 5.13 Å². The maximum Gasteiger partial charge on any atom is 0.309 e. The lowest BCUT2D eigenvalue weighted by atomic mass is 10.2. The smallest absolute Gasteiger partial charge is 0.309 e. The van der Waals surface area contributed by atoms with Gasteiger partial charge in [0.1, 0.15) is 0 Å². The van der Waals surface area contributed by atoms with Crippen LogP contribution in [0.2, 0.25) is 0 Å². The van der Waals surface area contributed by atoms with Crippen molar-refractivity contribution in [1.29, 1.82) is 0 Å². The maximum absolute atomic E-state index is 10.7. The van der Waals surface area contributed by atoms with Crippen LogP contribution in [0.1, 0.15) is 5.69 Å². The highest BCUT2D eigenvalue weighted by atomic mass is 79.9. The van der Waals surface area contributed by atoms with Gasteiger partial charge in [-0.25, -0.2) is 4.98 Å². The van der Waals surface area contributed by atoms with Crippen LogP contribution < -0.4 is 5.32 Å². The molecule has 0 aliphatic rings. The predicted octanol–water partition coefficient (Wildman–Crippen LogP) is 3.82. The summed E-state index contributed by atoms with van der Waals surface area (Å²) in [7, 11) is 0. The van der Waals surface area contributed by atoms with Gasteiger partial charge in [-0.05, 0) is 28.1 Å². The Bertz CT molecular complexity index is 819. The van der Waals surface area contributed by atoms with Gasteiger partial charge in [-0.15, -0.1) is 11.3 Å². The Morgan fingerprint density at radius 2 is 2.29 bits per heavy atom. The van der Waals surface area contributed by atoms with Crippen LogP contribution in [0.25, 0.3) is 10.9 Å².